The average molecular weight is 413 g/mol. The molecule has 8 heteroatoms. The van der Waals surface area contributed by atoms with Gasteiger partial charge < -0.3 is 20.0 Å². The van der Waals surface area contributed by atoms with E-state index >= 15 is 0 Å². The SMILES string of the molecule is Cc1[nH]c(-c2cccc(N)c2)cc2cn(Cc3ccc(OC(F)(F)F)cc3)c(=O)c1-2. The number of nitrogens with two attached hydrogens (primary N) is 1. The molecule has 5 nitrogen and oxygen atoms in total. The molecule has 2 heterocycles. The number of nitrogens with one attached hydrogen (secondary N) is 1. The second kappa shape index (κ2) is 7.29. The van der Waals surface area contributed by atoms with Gasteiger partial charge in [0.15, 0.2) is 0 Å². The lowest BCUT2D eigenvalue weighted by molar-refractivity contribution is -0.274. The van der Waals surface area contributed by atoms with E-state index in [0.29, 0.717) is 16.8 Å². The van der Waals surface area contributed by atoms with Crippen LogP contribution in [0.4, 0.5) is 18.9 Å². The first-order valence-corrected chi connectivity index (χ1v) is 9.13. The number of H-pyrrole nitrogens is 1. The van der Waals surface area contributed by atoms with Crippen molar-refractivity contribution in [3.05, 3.63) is 82.4 Å². The van der Waals surface area contributed by atoms with E-state index in [1.165, 1.54) is 28.8 Å². The minimum Gasteiger partial charge on any atom is -0.406 e. The summed E-state index contributed by atoms with van der Waals surface area (Å²) in [6.07, 6.45) is -2.99. The average Bonchev–Trinajstić information content (AvgIpc) is 2.98. The Bertz CT molecular complexity index is 1220. The van der Waals surface area contributed by atoms with E-state index in [1.807, 2.05) is 31.2 Å². The molecule has 0 radical (unpaired) electrons. The van der Waals surface area contributed by atoms with Crippen LogP contribution in [-0.4, -0.2) is 15.9 Å². The van der Waals surface area contributed by atoms with E-state index in [0.717, 1.165) is 22.5 Å². The third kappa shape index (κ3) is 4.03. The minimum atomic E-state index is -4.74. The molecule has 2 aromatic rings. The lowest BCUT2D eigenvalue weighted by Gasteiger charge is -2.09. The fraction of sp³-hybridized carbons (Fsp3) is 0.136. The van der Waals surface area contributed by atoms with Crippen LogP contribution in [0.3, 0.4) is 0 Å². The van der Waals surface area contributed by atoms with Crippen molar-refractivity contribution in [3.63, 3.8) is 0 Å². The summed E-state index contributed by atoms with van der Waals surface area (Å²) < 4.78 is 42.3. The van der Waals surface area contributed by atoms with Gasteiger partial charge in [-0.3, -0.25) is 4.79 Å². The van der Waals surface area contributed by atoms with Gasteiger partial charge in [0.2, 0.25) is 0 Å². The summed E-state index contributed by atoms with van der Waals surface area (Å²) in [5, 5.41) is 0. The van der Waals surface area contributed by atoms with Crippen molar-refractivity contribution in [2.75, 3.05) is 5.73 Å². The largest absolute Gasteiger partial charge is 0.573 e. The Balaban J connectivity index is 1.66. The van der Waals surface area contributed by atoms with Gasteiger partial charge in [-0.25, -0.2) is 0 Å². The molecule has 0 saturated heterocycles. The number of anilines is 1. The Morgan fingerprint density at radius 2 is 1.80 bits per heavy atom. The molecule has 0 saturated carbocycles. The molecule has 154 valence electrons. The van der Waals surface area contributed by atoms with Gasteiger partial charge in [-0.05, 0) is 48.4 Å². The first kappa shape index (κ1) is 19.6. The highest BCUT2D eigenvalue weighted by Crippen LogP contribution is 2.29. The quantitative estimate of drug-likeness (QED) is 0.473. The number of alkyl halides is 3. The van der Waals surface area contributed by atoms with Crippen LogP contribution in [0, 0.1) is 6.92 Å². The molecular formula is C22H18F3N3O2. The molecule has 2 aliphatic heterocycles. The predicted octanol–water partition coefficient (Wildman–Crippen LogP) is 4.79. The van der Waals surface area contributed by atoms with Crippen molar-refractivity contribution < 1.29 is 17.9 Å². The number of nitrogen functional groups attached to an aromatic ring is 1. The molecule has 0 fully saturated rings. The van der Waals surface area contributed by atoms with Crippen LogP contribution in [0.2, 0.25) is 0 Å². The molecule has 0 unspecified atom stereocenters. The van der Waals surface area contributed by atoms with Gasteiger partial charge in [-0.1, -0.05) is 24.3 Å². The number of pyridine rings is 1. The lowest BCUT2D eigenvalue weighted by Crippen LogP contribution is -2.17. The highest BCUT2D eigenvalue weighted by atomic mass is 19.4. The van der Waals surface area contributed by atoms with Gasteiger partial charge in [0.25, 0.3) is 5.56 Å². The fourth-order valence-electron chi connectivity index (χ4n) is 3.47. The minimum absolute atomic E-state index is 0.173. The number of halogens is 3. The molecule has 0 aliphatic carbocycles. The van der Waals surface area contributed by atoms with Crippen LogP contribution in [-0.2, 0) is 6.54 Å². The smallest absolute Gasteiger partial charge is 0.406 e. The number of aryl methyl sites for hydroxylation is 1. The van der Waals surface area contributed by atoms with Crippen molar-refractivity contribution in [2.24, 2.45) is 0 Å². The number of nitrogens with zero attached hydrogens (tertiary/aromatic N) is 1. The molecule has 3 N–H and O–H groups in total. The summed E-state index contributed by atoms with van der Waals surface area (Å²) >= 11 is 0. The molecular weight excluding hydrogens is 395 g/mol. The van der Waals surface area contributed by atoms with Gasteiger partial charge in [-0.15, -0.1) is 13.2 Å². The van der Waals surface area contributed by atoms with E-state index in [4.69, 9.17) is 5.73 Å². The maximum Gasteiger partial charge on any atom is 0.573 e. The van der Waals surface area contributed by atoms with Crippen molar-refractivity contribution in [1.29, 1.82) is 0 Å². The Hall–Kier alpha value is -3.68. The second-order valence-corrected chi connectivity index (χ2v) is 7.02. The van der Waals surface area contributed by atoms with Gasteiger partial charge in [0.1, 0.15) is 5.75 Å². The summed E-state index contributed by atoms with van der Waals surface area (Å²) in [5.74, 6) is -0.302. The van der Waals surface area contributed by atoms with E-state index in [1.54, 1.807) is 12.3 Å². The number of benzene rings is 2. The highest BCUT2D eigenvalue weighted by Gasteiger charge is 2.31. The summed E-state index contributed by atoms with van der Waals surface area (Å²) in [6.45, 7) is 2.06. The molecule has 0 amide bonds. The number of rotatable bonds is 4. The van der Waals surface area contributed by atoms with Gasteiger partial charge >= 0.3 is 6.36 Å². The Labute approximate surface area is 169 Å². The van der Waals surface area contributed by atoms with Crippen LogP contribution in [0.5, 0.6) is 5.75 Å². The summed E-state index contributed by atoms with van der Waals surface area (Å²) in [5.41, 5.74) is 10.8. The number of aromatic amines is 1. The molecule has 0 spiro atoms. The maximum absolute atomic E-state index is 12.9. The second-order valence-electron chi connectivity index (χ2n) is 7.02. The number of hydrogen-bond acceptors (Lipinski definition) is 3. The van der Waals surface area contributed by atoms with E-state index in [9.17, 15) is 18.0 Å². The first-order valence-electron chi connectivity index (χ1n) is 9.13. The predicted molar refractivity (Wildman–Crippen MR) is 108 cm³/mol. The molecule has 0 bridgehead atoms. The standard InChI is InChI=1S/C22H18F3N3O2/c1-13-20-16(10-19(27-13)15-3-2-4-17(26)9-15)12-28(21(20)29)11-14-5-7-18(8-6-14)30-22(23,24)25/h2-10,12,27H,11,26H2,1H3. The van der Waals surface area contributed by atoms with Crippen LogP contribution in [0.15, 0.2) is 65.6 Å². The normalized spacial score (nSPS) is 11.7. The van der Waals surface area contributed by atoms with E-state index < -0.39 is 6.36 Å². The summed E-state index contributed by atoms with van der Waals surface area (Å²) in [7, 11) is 0. The number of aromatic nitrogens is 2. The van der Waals surface area contributed by atoms with Gasteiger partial charge in [0, 0.05) is 28.8 Å². The third-order valence-electron chi connectivity index (χ3n) is 4.76. The molecule has 4 rings (SSSR count). The van der Waals surface area contributed by atoms with Crippen LogP contribution >= 0.6 is 0 Å². The maximum atomic E-state index is 12.9. The summed E-state index contributed by atoms with van der Waals surface area (Å²) in [4.78, 5) is 16.1. The van der Waals surface area contributed by atoms with Crippen LogP contribution < -0.4 is 16.0 Å². The fourth-order valence-corrected chi connectivity index (χ4v) is 3.47. The van der Waals surface area contributed by atoms with Gasteiger partial charge in [0.05, 0.1) is 12.1 Å². The Kier molecular flexibility index (Phi) is 4.77. The Morgan fingerprint density at radius 1 is 1.07 bits per heavy atom. The Morgan fingerprint density at radius 3 is 2.47 bits per heavy atom. The number of hydrogen-bond donors (Lipinski definition) is 2. The van der Waals surface area contributed by atoms with Crippen molar-refractivity contribution in [1.82, 2.24) is 9.55 Å². The number of ether oxygens (including phenoxy) is 1. The highest BCUT2D eigenvalue weighted by molar-refractivity contribution is 5.75. The zero-order valence-corrected chi connectivity index (χ0v) is 16.0. The van der Waals surface area contributed by atoms with E-state index in [2.05, 4.69) is 9.72 Å². The molecule has 30 heavy (non-hydrogen) atoms. The lowest BCUT2D eigenvalue weighted by atomic mass is 10.0. The van der Waals surface area contributed by atoms with Crippen molar-refractivity contribution >= 4 is 5.69 Å². The van der Waals surface area contributed by atoms with E-state index in [-0.39, 0.29) is 17.9 Å². The molecule has 0 aromatic heterocycles. The molecule has 2 aromatic carbocycles. The first-order chi connectivity index (χ1) is 14.2. The molecule has 0 atom stereocenters. The molecule has 2 aliphatic rings. The third-order valence-corrected chi connectivity index (χ3v) is 4.76. The van der Waals surface area contributed by atoms with Crippen LogP contribution in [0.1, 0.15) is 11.3 Å². The monoisotopic (exact) mass is 413 g/mol. The van der Waals surface area contributed by atoms with Crippen LogP contribution in [0.25, 0.3) is 22.4 Å². The topological polar surface area (TPSA) is 73.0 Å². The summed E-state index contributed by atoms with van der Waals surface area (Å²) in [6, 6.07) is 14.8. The zero-order valence-electron chi connectivity index (χ0n) is 16.0. The zero-order chi connectivity index (χ0) is 21.5. The van der Waals surface area contributed by atoms with Crippen molar-refractivity contribution in [2.45, 2.75) is 19.8 Å². The number of fused-ring (bicyclic) bond motifs is 1. The van der Waals surface area contributed by atoms with Gasteiger partial charge in [-0.2, -0.15) is 0 Å². The van der Waals surface area contributed by atoms with Crippen molar-refractivity contribution in [3.8, 4) is 28.1 Å².